The summed E-state index contributed by atoms with van der Waals surface area (Å²) in [5.74, 6) is 0.259. The van der Waals surface area contributed by atoms with Crippen molar-refractivity contribution in [2.24, 2.45) is 0 Å². The first-order valence-electron chi connectivity index (χ1n) is 5.69. The second-order valence-electron chi connectivity index (χ2n) is 4.17. The minimum absolute atomic E-state index is 0.199. The molecule has 2 aromatic rings. The van der Waals surface area contributed by atoms with E-state index in [9.17, 15) is 9.90 Å². The first-order chi connectivity index (χ1) is 8.97. The molecule has 0 saturated carbocycles. The van der Waals surface area contributed by atoms with Gasteiger partial charge in [-0.25, -0.2) is 9.78 Å². The smallest absolute Gasteiger partial charge is 0.337 e. The van der Waals surface area contributed by atoms with Crippen molar-refractivity contribution in [2.45, 2.75) is 19.9 Å². The van der Waals surface area contributed by atoms with Crippen LogP contribution in [0, 0.1) is 6.92 Å². The van der Waals surface area contributed by atoms with Gasteiger partial charge in [0.1, 0.15) is 11.8 Å². The van der Waals surface area contributed by atoms with Crippen molar-refractivity contribution in [3.05, 3.63) is 46.1 Å². The summed E-state index contributed by atoms with van der Waals surface area (Å²) in [6, 6.07) is 4.83. The first kappa shape index (κ1) is 13.6. The van der Waals surface area contributed by atoms with Gasteiger partial charge in [-0.2, -0.15) is 0 Å². The number of benzene rings is 1. The molecule has 0 saturated heterocycles. The van der Waals surface area contributed by atoms with Crippen molar-refractivity contribution in [3.63, 3.8) is 0 Å². The zero-order chi connectivity index (χ0) is 14.0. The van der Waals surface area contributed by atoms with Gasteiger partial charge in [-0.05, 0) is 32.0 Å². The molecule has 0 aliphatic heterocycles. The minimum atomic E-state index is -0.986. The highest BCUT2D eigenvalue weighted by atomic mass is 79.9. The van der Waals surface area contributed by atoms with Crippen LogP contribution in [-0.4, -0.2) is 16.1 Å². The molecule has 1 aromatic heterocycles. The molecule has 6 heteroatoms. The lowest BCUT2D eigenvalue weighted by atomic mass is 10.1. The lowest BCUT2D eigenvalue weighted by Crippen LogP contribution is -2.11. The molecular formula is C13H13BrN2O3. The maximum Gasteiger partial charge on any atom is 0.337 e. The summed E-state index contributed by atoms with van der Waals surface area (Å²) in [7, 11) is 0. The molecule has 0 aliphatic carbocycles. The van der Waals surface area contributed by atoms with E-state index in [-0.39, 0.29) is 11.6 Å². The normalized spacial score (nSPS) is 12.2. The van der Waals surface area contributed by atoms with Gasteiger partial charge in [0, 0.05) is 10.2 Å². The predicted molar refractivity (Wildman–Crippen MR) is 74.4 cm³/mol. The molecule has 1 atom stereocenters. The fraction of sp³-hybridized carbons (Fsp3) is 0.231. The topological polar surface area (TPSA) is 75.4 Å². The molecule has 19 heavy (non-hydrogen) atoms. The Labute approximate surface area is 118 Å². The van der Waals surface area contributed by atoms with E-state index in [1.165, 1.54) is 0 Å². The zero-order valence-corrected chi connectivity index (χ0v) is 12.1. The van der Waals surface area contributed by atoms with E-state index >= 15 is 0 Å². The summed E-state index contributed by atoms with van der Waals surface area (Å²) < 4.78 is 6.13. The molecule has 0 aliphatic rings. The van der Waals surface area contributed by atoms with Crippen molar-refractivity contribution in [3.8, 4) is 0 Å². The Hall–Kier alpha value is -1.82. The first-order valence-corrected chi connectivity index (χ1v) is 6.48. The maximum absolute atomic E-state index is 11.2. The van der Waals surface area contributed by atoms with Crippen LogP contribution in [0.2, 0.25) is 0 Å². The van der Waals surface area contributed by atoms with Crippen molar-refractivity contribution < 1.29 is 14.3 Å². The zero-order valence-electron chi connectivity index (χ0n) is 10.5. The maximum atomic E-state index is 11.2. The quantitative estimate of drug-likeness (QED) is 0.898. The lowest BCUT2D eigenvalue weighted by Gasteiger charge is -2.14. The molecule has 2 N–H and O–H groups in total. The number of nitrogens with zero attached hydrogens (tertiary/aromatic N) is 1. The molecule has 0 bridgehead atoms. The largest absolute Gasteiger partial charge is 0.478 e. The lowest BCUT2D eigenvalue weighted by molar-refractivity contribution is 0.0698. The summed E-state index contributed by atoms with van der Waals surface area (Å²) in [4.78, 5) is 15.3. The van der Waals surface area contributed by atoms with Crippen LogP contribution in [0.1, 0.15) is 35.0 Å². The van der Waals surface area contributed by atoms with Crippen molar-refractivity contribution in [1.82, 2.24) is 4.98 Å². The van der Waals surface area contributed by atoms with Gasteiger partial charge in [-0.15, -0.1) is 0 Å². The van der Waals surface area contributed by atoms with Gasteiger partial charge in [0.2, 0.25) is 5.89 Å². The van der Waals surface area contributed by atoms with E-state index in [2.05, 4.69) is 26.2 Å². The fourth-order valence-corrected chi connectivity index (χ4v) is 2.05. The van der Waals surface area contributed by atoms with Crippen LogP contribution < -0.4 is 5.32 Å². The Morgan fingerprint density at radius 1 is 1.53 bits per heavy atom. The Morgan fingerprint density at radius 3 is 2.84 bits per heavy atom. The Morgan fingerprint density at radius 2 is 2.26 bits per heavy atom. The summed E-state index contributed by atoms with van der Waals surface area (Å²) in [6.45, 7) is 3.67. The average Bonchev–Trinajstić information content (AvgIpc) is 2.78. The Balaban J connectivity index is 2.26. The highest BCUT2D eigenvalue weighted by Gasteiger charge is 2.16. The molecule has 1 aromatic carbocycles. The fourth-order valence-electron chi connectivity index (χ4n) is 1.69. The molecule has 0 radical (unpaired) electrons. The van der Waals surface area contributed by atoms with Crippen molar-refractivity contribution in [2.75, 3.05) is 5.32 Å². The third-order valence-corrected chi connectivity index (χ3v) is 3.09. The predicted octanol–water partition coefficient (Wildman–Crippen LogP) is 3.62. The molecule has 0 spiro atoms. The number of hydrogen-bond acceptors (Lipinski definition) is 4. The van der Waals surface area contributed by atoms with E-state index in [1.54, 1.807) is 24.4 Å². The number of carboxylic acid groups (broad SMARTS) is 1. The van der Waals surface area contributed by atoms with Crippen LogP contribution in [0.4, 0.5) is 5.69 Å². The molecule has 100 valence electrons. The molecule has 0 amide bonds. The van der Waals surface area contributed by atoms with Crippen molar-refractivity contribution >= 4 is 27.6 Å². The Bertz CT molecular complexity index is 610. The number of hydrogen-bond donors (Lipinski definition) is 2. The summed E-state index contributed by atoms with van der Waals surface area (Å²) in [5.41, 5.74) is 0.726. The third-order valence-electron chi connectivity index (χ3n) is 2.59. The van der Waals surface area contributed by atoms with Crippen LogP contribution in [0.5, 0.6) is 0 Å². The molecular weight excluding hydrogens is 312 g/mol. The summed E-state index contributed by atoms with van der Waals surface area (Å²) in [5, 5.41) is 12.3. The number of anilines is 1. The SMILES string of the molecule is Cc1cnc(C(C)Nc2ccc(Br)cc2C(=O)O)o1. The highest BCUT2D eigenvalue weighted by molar-refractivity contribution is 9.10. The van der Waals surface area contributed by atoms with Gasteiger partial charge in [0.05, 0.1) is 11.8 Å². The number of aromatic nitrogens is 1. The number of rotatable bonds is 4. The Kier molecular flexibility index (Phi) is 3.90. The van der Waals surface area contributed by atoms with Crippen LogP contribution in [0.15, 0.2) is 33.3 Å². The van der Waals surface area contributed by atoms with E-state index in [4.69, 9.17) is 4.42 Å². The van der Waals surface area contributed by atoms with E-state index < -0.39 is 5.97 Å². The number of aryl methyl sites for hydroxylation is 1. The van der Waals surface area contributed by atoms with Gasteiger partial charge in [0.15, 0.2) is 0 Å². The molecule has 2 rings (SSSR count). The number of halogens is 1. The monoisotopic (exact) mass is 324 g/mol. The number of aromatic carboxylic acids is 1. The van der Waals surface area contributed by atoms with E-state index in [0.29, 0.717) is 11.6 Å². The summed E-state index contributed by atoms with van der Waals surface area (Å²) in [6.07, 6.45) is 1.63. The van der Waals surface area contributed by atoms with E-state index in [0.717, 1.165) is 10.2 Å². The number of carbonyl (C=O) groups is 1. The second-order valence-corrected chi connectivity index (χ2v) is 5.09. The number of oxazole rings is 1. The van der Waals surface area contributed by atoms with Gasteiger partial charge < -0.3 is 14.8 Å². The molecule has 0 fully saturated rings. The van der Waals surface area contributed by atoms with Crippen LogP contribution in [-0.2, 0) is 0 Å². The van der Waals surface area contributed by atoms with Gasteiger partial charge in [0.25, 0.3) is 0 Å². The highest BCUT2D eigenvalue weighted by Crippen LogP contribution is 2.25. The number of nitrogens with one attached hydrogen (secondary N) is 1. The molecule has 1 heterocycles. The second kappa shape index (κ2) is 5.44. The van der Waals surface area contributed by atoms with Crippen LogP contribution in [0.25, 0.3) is 0 Å². The van der Waals surface area contributed by atoms with Gasteiger partial charge >= 0.3 is 5.97 Å². The standard InChI is InChI=1S/C13H13BrN2O3/c1-7-6-15-12(19-7)8(2)16-11-4-3-9(14)5-10(11)13(17)18/h3-6,8,16H,1-2H3,(H,17,18). The van der Waals surface area contributed by atoms with E-state index in [1.807, 2.05) is 13.8 Å². The summed E-state index contributed by atoms with van der Waals surface area (Å²) >= 11 is 3.26. The molecule has 5 nitrogen and oxygen atoms in total. The van der Waals surface area contributed by atoms with Crippen LogP contribution >= 0.6 is 15.9 Å². The van der Waals surface area contributed by atoms with Gasteiger partial charge in [-0.3, -0.25) is 0 Å². The number of carboxylic acids is 1. The molecule has 1 unspecified atom stereocenters. The average molecular weight is 325 g/mol. The van der Waals surface area contributed by atoms with Crippen molar-refractivity contribution in [1.29, 1.82) is 0 Å². The third kappa shape index (κ3) is 3.14. The van der Waals surface area contributed by atoms with Crippen LogP contribution in [0.3, 0.4) is 0 Å². The van der Waals surface area contributed by atoms with Gasteiger partial charge in [-0.1, -0.05) is 15.9 Å². The minimum Gasteiger partial charge on any atom is -0.478 e.